The first kappa shape index (κ1) is 18.0. The van der Waals surface area contributed by atoms with E-state index in [1.807, 2.05) is 6.92 Å². The molecule has 0 aliphatic rings. The van der Waals surface area contributed by atoms with Crippen LogP contribution in [0.25, 0.3) is 0 Å². The second kappa shape index (κ2) is 7.97. The minimum absolute atomic E-state index is 0.0530. The van der Waals surface area contributed by atoms with Gasteiger partial charge < -0.3 is 9.47 Å². The summed E-state index contributed by atoms with van der Waals surface area (Å²) in [7, 11) is 0. The Morgan fingerprint density at radius 2 is 1.71 bits per heavy atom. The molecule has 2 rings (SSSR count). The zero-order valence-electron chi connectivity index (χ0n) is 13.1. The standard InChI is InChI=1S/C18H17F3O3/c1-2-11-23-12-13-5-3-4-6-16(13)17(22)24-15-9-7-14(8-10-15)18(19,20)21/h3-10H,2,11-12H2,1H3. The van der Waals surface area contributed by atoms with Gasteiger partial charge in [-0.3, -0.25) is 0 Å². The first-order chi connectivity index (χ1) is 11.4. The van der Waals surface area contributed by atoms with Crippen molar-refractivity contribution in [2.24, 2.45) is 0 Å². The number of halogens is 3. The number of carbonyl (C=O) groups is 1. The molecule has 0 saturated heterocycles. The molecule has 0 unspecified atom stereocenters. The highest BCUT2D eigenvalue weighted by atomic mass is 19.4. The minimum atomic E-state index is -4.42. The van der Waals surface area contributed by atoms with E-state index >= 15 is 0 Å². The molecule has 0 fully saturated rings. The van der Waals surface area contributed by atoms with Gasteiger partial charge >= 0.3 is 12.1 Å². The van der Waals surface area contributed by atoms with Crippen LogP contribution in [0, 0.1) is 0 Å². The van der Waals surface area contributed by atoms with Crippen LogP contribution in [0.3, 0.4) is 0 Å². The quantitative estimate of drug-likeness (QED) is 0.429. The molecule has 0 N–H and O–H groups in total. The Morgan fingerprint density at radius 3 is 2.33 bits per heavy atom. The van der Waals surface area contributed by atoms with Gasteiger partial charge in [0.2, 0.25) is 0 Å². The van der Waals surface area contributed by atoms with Crippen molar-refractivity contribution in [1.82, 2.24) is 0 Å². The molecule has 0 radical (unpaired) electrons. The van der Waals surface area contributed by atoms with Gasteiger partial charge in [-0.2, -0.15) is 13.2 Å². The summed E-state index contributed by atoms with van der Waals surface area (Å²) < 4.78 is 48.2. The van der Waals surface area contributed by atoms with Gasteiger partial charge in [0.15, 0.2) is 0 Å². The molecule has 0 aliphatic heterocycles. The average molecular weight is 338 g/mol. The van der Waals surface area contributed by atoms with E-state index in [1.54, 1.807) is 24.3 Å². The molecule has 0 atom stereocenters. The van der Waals surface area contributed by atoms with Crippen LogP contribution in [0.1, 0.15) is 34.8 Å². The van der Waals surface area contributed by atoms with Crippen LogP contribution in [0.5, 0.6) is 5.75 Å². The maximum absolute atomic E-state index is 12.5. The Morgan fingerprint density at radius 1 is 1.04 bits per heavy atom. The predicted octanol–water partition coefficient (Wildman–Crippen LogP) is 4.85. The Balaban J connectivity index is 2.09. The summed E-state index contributed by atoms with van der Waals surface area (Å²) in [4.78, 5) is 12.2. The van der Waals surface area contributed by atoms with Crippen LogP contribution < -0.4 is 4.74 Å². The van der Waals surface area contributed by atoms with Crippen molar-refractivity contribution < 1.29 is 27.4 Å². The van der Waals surface area contributed by atoms with Crippen LogP contribution in [0.15, 0.2) is 48.5 Å². The maximum Gasteiger partial charge on any atom is 0.416 e. The van der Waals surface area contributed by atoms with Crippen molar-refractivity contribution in [3.8, 4) is 5.75 Å². The van der Waals surface area contributed by atoms with Crippen LogP contribution in [-0.2, 0) is 17.5 Å². The van der Waals surface area contributed by atoms with Gasteiger partial charge in [0.25, 0.3) is 0 Å². The summed E-state index contributed by atoms with van der Waals surface area (Å²) in [5.41, 5.74) is 0.201. The van der Waals surface area contributed by atoms with Crippen molar-refractivity contribution in [2.45, 2.75) is 26.1 Å². The molecule has 0 amide bonds. The molecule has 0 aliphatic carbocycles. The van der Waals surface area contributed by atoms with E-state index in [9.17, 15) is 18.0 Å². The predicted molar refractivity (Wildman–Crippen MR) is 82.8 cm³/mol. The van der Waals surface area contributed by atoms with Crippen molar-refractivity contribution in [3.63, 3.8) is 0 Å². The third kappa shape index (κ3) is 4.83. The van der Waals surface area contributed by atoms with Crippen molar-refractivity contribution in [1.29, 1.82) is 0 Å². The SMILES string of the molecule is CCCOCc1ccccc1C(=O)Oc1ccc(C(F)(F)F)cc1. The van der Waals surface area contributed by atoms with Crippen molar-refractivity contribution in [2.75, 3.05) is 6.61 Å². The van der Waals surface area contributed by atoms with E-state index in [4.69, 9.17) is 9.47 Å². The van der Waals surface area contributed by atoms with E-state index in [2.05, 4.69) is 0 Å². The molecular weight excluding hydrogens is 321 g/mol. The number of esters is 1. The molecule has 24 heavy (non-hydrogen) atoms. The highest BCUT2D eigenvalue weighted by Crippen LogP contribution is 2.30. The molecule has 6 heteroatoms. The fourth-order valence-electron chi connectivity index (χ4n) is 2.05. The highest BCUT2D eigenvalue weighted by Gasteiger charge is 2.30. The van der Waals surface area contributed by atoms with Crippen molar-refractivity contribution >= 4 is 5.97 Å². The molecule has 0 heterocycles. The fraction of sp³-hybridized carbons (Fsp3) is 0.278. The monoisotopic (exact) mass is 338 g/mol. The Labute approximate surface area is 138 Å². The topological polar surface area (TPSA) is 35.5 Å². The third-order valence-corrected chi connectivity index (χ3v) is 3.24. The fourth-order valence-corrected chi connectivity index (χ4v) is 2.05. The number of ether oxygens (including phenoxy) is 2. The van der Waals surface area contributed by atoms with Crippen LogP contribution in [-0.4, -0.2) is 12.6 Å². The van der Waals surface area contributed by atoms with Crippen LogP contribution in [0.4, 0.5) is 13.2 Å². The summed E-state index contributed by atoms with van der Waals surface area (Å²) in [6, 6.07) is 10.8. The Kier molecular flexibility index (Phi) is 5.98. The van der Waals surface area contributed by atoms with E-state index in [-0.39, 0.29) is 12.4 Å². The van der Waals surface area contributed by atoms with Gasteiger partial charge in [-0.05, 0) is 42.3 Å². The third-order valence-electron chi connectivity index (χ3n) is 3.24. The van der Waals surface area contributed by atoms with Gasteiger partial charge in [0.1, 0.15) is 5.75 Å². The van der Waals surface area contributed by atoms with Crippen molar-refractivity contribution in [3.05, 3.63) is 65.2 Å². The van der Waals surface area contributed by atoms with Gasteiger partial charge in [-0.15, -0.1) is 0 Å². The number of alkyl halides is 3. The molecule has 2 aromatic carbocycles. The average Bonchev–Trinajstić information content (AvgIpc) is 2.55. The van der Waals surface area contributed by atoms with Crippen LogP contribution in [0.2, 0.25) is 0 Å². The Hall–Kier alpha value is -2.34. The molecule has 3 nitrogen and oxygen atoms in total. The van der Waals surface area contributed by atoms with E-state index in [0.29, 0.717) is 17.7 Å². The zero-order valence-corrected chi connectivity index (χ0v) is 13.1. The molecule has 0 saturated carbocycles. The van der Waals surface area contributed by atoms with Crippen LogP contribution >= 0.6 is 0 Å². The van der Waals surface area contributed by atoms with E-state index < -0.39 is 17.7 Å². The lowest BCUT2D eigenvalue weighted by atomic mass is 10.1. The second-order valence-corrected chi connectivity index (χ2v) is 5.12. The molecule has 0 spiro atoms. The lowest BCUT2D eigenvalue weighted by molar-refractivity contribution is -0.137. The smallest absolute Gasteiger partial charge is 0.416 e. The second-order valence-electron chi connectivity index (χ2n) is 5.12. The summed E-state index contributed by atoms with van der Waals surface area (Å²) in [6.45, 7) is 2.82. The maximum atomic E-state index is 12.5. The number of hydrogen-bond donors (Lipinski definition) is 0. The van der Waals surface area contributed by atoms with E-state index in [1.165, 1.54) is 0 Å². The molecule has 2 aromatic rings. The lowest BCUT2D eigenvalue weighted by Gasteiger charge is -2.11. The highest BCUT2D eigenvalue weighted by molar-refractivity contribution is 5.92. The summed E-state index contributed by atoms with van der Waals surface area (Å²) in [5, 5.41) is 0. The number of hydrogen-bond acceptors (Lipinski definition) is 3. The summed E-state index contributed by atoms with van der Waals surface area (Å²) >= 11 is 0. The molecule has 0 bridgehead atoms. The molecule has 0 aromatic heterocycles. The number of carbonyl (C=O) groups excluding carboxylic acids is 1. The molecular formula is C18H17F3O3. The Bertz CT molecular complexity index is 679. The minimum Gasteiger partial charge on any atom is -0.423 e. The number of benzene rings is 2. The van der Waals surface area contributed by atoms with Gasteiger partial charge in [0, 0.05) is 6.61 Å². The number of rotatable bonds is 6. The van der Waals surface area contributed by atoms with Gasteiger partial charge in [-0.1, -0.05) is 25.1 Å². The van der Waals surface area contributed by atoms with Gasteiger partial charge in [0.05, 0.1) is 17.7 Å². The summed E-state index contributed by atoms with van der Waals surface area (Å²) in [6.07, 6.45) is -3.57. The van der Waals surface area contributed by atoms with E-state index in [0.717, 1.165) is 30.7 Å². The lowest BCUT2D eigenvalue weighted by Crippen LogP contribution is -2.12. The van der Waals surface area contributed by atoms with Gasteiger partial charge in [-0.25, -0.2) is 4.79 Å². The normalized spacial score (nSPS) is 11.3. The molecule has 128 valence electrons. The largest absolute Gasteiger partial charge is 0.423 e. The zero-order chi connectivity index (χ0) is 17.6. The first-order valence-electron chi connectivity index (χ1n) is 7.47. The first-order valence-corrected chi connectivity index (χ1v) is 7.47. The summed E-state index contributed by atoms with van der Waals surface area (Å²) in [5.74, 6) is -0.581.